The average Bonchev–Trinajstić information content (AvgIpc) is 2.54. The molecule has 0 heterocycles. The number of hydrogen-bond donors (Lipinski definition) is 1. The van der Waals surface area contributed by atoms with Crippen LogP contribution < -0.4 is 10.1 Å². The van der Waals surface area contributed by atoms with Crippen LogP contribution in [0.3, 0.4) is 0 Å². The van der Waals surface area contributed by atoms with Gasteiger partial charge in [-0.3, -0.25) is 4.79 Å². The zero-order valence-corrected chi connectivity index (χ0v) is 15.4. The van der Waals surface area contributed by atoms with Crippen molar-refractivity contribution in [3.05, 3.63) is 65.2 Å². The van der Waals surface area contributed by atoms with E-state index in [4.69, 9.17) is 4.74 Å². The largest absolute Gasteiger partial charge is 0.481 e. The summed E-state index contributed by atoms with van der Waals surface area (Å²) in [6.45, 7) is 6.48. The molecule has 1 N–H and O–H groups in total. The Labute approximate surface area is 148 Å². The Morgan fingerprint density at radius 3 is 2.46 bits per heavy atom. The van der Waals surface area contributed by atoms with Gasteiger partial charge in [0.05, 0.1) is 0 Å². The predicted octanol–water partition coefficient (Wildman–Crippen LogP) is 4.12. The van der Waals surface area contributed by atoms with E-state index in [0.717, 1.165) is 28.4 Å². The lowest BCUT2D eigenvalue weighted by Gasteiger charge is -2.15. The highest BCUT2D eigenvalue weighted by molar-refractivity contribution is 7.98. The molecule has 1 atom stereocenters. The second kappa shape index (κ2) is 9.38. The zero-order chi connectivity index (χ0) is 17.4. The highest BCUT2D eigenvalue weighted by Crippen LogP contribution is 2.17. The molecule has 2 rings (SSSR count). The van der Waals surface area contributed by atoms with Gasteiger partial charge in [-0.15, -0.1) is 0 Å². The summed E-state index contributed by atoms with van der Waals surface area (Å²) in [6.07, 6.45) is -0.495. The van der Waals surface area contributed by atoms with Crippen LogP contribution in [0.25, 0.3) is 0 Å². The van der Waals surface area contributed by atoms with Crippen molar-refractivity contribution in [2.75, 3.05) is 12.3 Å². The summed E-state index contributed by atoms with van der Waals surface area (Å²) in [7, 11) is 0. The minimum absolute atomic E-state index is 0.0746. The number of hydrogen-bond acceptors (Lipinski definition) is 3. The first-order valence-electron chi connectivity index (χ1n) is 8.19. The quantitative estimate of drug-likeness (QED) is 0.733. The number of ether oxygens (including phenoxy) is 1. The molecular weight excluding hydrogens is 318 g/mol. The summed E-state index contributed by atoms with van der Waals surface area (Å²) in [5.74, 6) is 2.52. The van der Waals surface area contributed by atoms with E-state index in [-0.39, 0.29) is 5.91 Å². The minimum atomic E-state index is -0.495. The van der Waals surface area contributed by atoms with Gasteiger partial charge in [0, 0.05) is 18.1 Å². The number of benzene rings is 2. The molecule has 128 valence electrons. The van der Waals surface area contributed by atoms with Crippen molar-refractivity contribution >= 4 is 17.7 Å². The second-order valence-corrected chi connectivity index (χ2v) is 7.02. The Bertz CT molecular complexity index is 638. The van der Waals surface area contributed by atoms with E-state index < -0.39 is 6.10 Å². The molecule has 0 unspecified atom stereocenters. The highest BCUT2D eigenvalue weighted by Gasteiger charge is 2.14. The monoisotopic (exact) mass is 343 g/mol. The lowest BCUT2D eigenvalue weighted by molar-refractivity contribution is -0.127. The van der Waals surface area contributed by atoms with Crippen molar-refractivity contribution in [3.8, 4) is 5.75 Å². The molecular formula is C20H25NO2S. The van der Waals surface area contributed by atoms with E-state index in [1.165, 1.54) is 5.56 Å². The smallest absolute Gasteiger partial charge is 0.260 e. The molecule has 0 radical (unpaired) electrons. The van der Waals surface area contributed by atoms with Gasteiger partial charge in [-0.25, -0.2) is 0 Å². The molecule has 1 amide bonds. The van der Waals surface area contributed by atoms with Gasteiger partial charge >= 0.3 is 0 Å². The van der Waals surface area contributed by atoms with Gasteiger partial charge in [-0.1, -0.05) is 36.4 Å². The maximum Gasteiger partial charge on any atom is 0.260 e. The number of carbonyl (C=O) groups excluding carboxylic acids is 1. The van der Waals surface area contributed by atoms with Gasteiger partial charge in [-0.05, 0) is 49.6 Å². The van der Waals surface area contributed by atoms with Crippen LogP contribution in [0.5, 0.6) is 5.75 Å². The Balaban J connectivity index is 1.68. The molecule has 0 fully saturated rings. The number of rotatable bonds is 8. The lowest BCUT2D eigenvalue weighted by Crippen LogP contribution is -2.37. The molecule has 2 aromatic rings. The molecule has 0 aliphatic heterocycles. The molecule has 0 saturated carbocycles. The average molecular weight is 343 g/mol. The van der Waals surface area contributed by atoms with E-state index in [2.05, 4.69) is 23.5 Å². The lowest BCUT2D eigenvalue weighted by atomic mass is 10.1. The van der Waals surface area contributed by atoms with Gasteiger partial charge in [-0.2, -0.15) is 11.8 Å². The van der Waals surface area contributed by atoms with Crippen LogP contribution in [0.15, 0.2) is 48.5 Å². The van der Waals surface area contributed by atoms with Crippen molar-refractivity contribution in [1.82, 2.24) is 5.32 Å². The first-order chi connectivity index (χ1) is 11.5. The Morgan fingerprint density at radius 2 is 1.79 bits per heavy atom. The Morgan fingerprint density at radius 1 is 1.12 bits per heavy atom. The molecule has 2 aromatic carbocycles. The third-order valence-electron chi connectivity index (χ3n) is 3.53. The van der Waals surface area contributed by atoms with Crippen molar-refractivity contribution in [3.63, 3.8) is 0 Å². The molecule has 0 spiro atoms. The molecule has 0 bridgehead atoms. The first-order valence-corrected chi connectivity index (χ1v) is 9.34. The van der Waals surface area contributed by atoms with E-state index in [0.29, 0.717) is 6.54 Å². The highest BCUT2D eigenvalue weighted by atomic mass is 32.2. The predicted molar refractivity (Wildman–Crippen MR) is 102 cm³/mol. The molecule has 0 aliphatic rings. The SMILES string of the molecule is Cc1cc(C)cc(O[C@H](C)C(=O)NCCSCc2ccccc2)c1. The fourth-order valence-electron chi connectivity index (χ4n) is 2.41. The fourth-order valence-corrected chi connectivity index (χ4v) is 3.23. The fraction of sp³-hybridized carbons (Fsp3) is 0.350. The van der Waals surface area contributed by atoms with Crippen LogP contribution in [0.2, 0.25) is 0 Å². The summed E-state index contributed by atoms with van der Waals surface area (Å²) in [5, 5.41) is 2.93. The number of nitrogens with one attached hydrogen (secondary N) is 1. The van der Waals surface area contributed by atoms with Crippen LogP contribution in [0.4, 0.5) is 0 Å². The van der Waals surface area contributed by atoms with Gasteiger partial charge < -0.3 is 10.1 Å². The van der Waals surface area contributed by atoms with Crippen LogP contribution >= 0.6 is 11.8 Å². The molecule has 0 saturated heterocycles. The summed E-state index contributed by atoms with van der Waals surface area (Å²) in [6, 6.07) is 16.3. The summed E-state index contributed by atoms with van der Waals surface area (Å²) >= 11 is 1.81. The first kappa shape index (κ1) is 18.4. The molecule has 0 aliphatic carbocycles. The molecule has 24 heavy (non-hydrogen) atoms. The Hall–Kier alpha value is -1.94. The van der Waals surface area contributed by atoms with Crippen molar-refractivity contribution in [1.29, 1.82) is 0 Å². The van der Waals surface area contributed by atoms with Gasteiger partial charge in [0.15, 0.2) is 6.10 Å². The second-order valence-electron chi connectivity index (χ2n) is 5.91. The molecule has 0 aromatic heterocycles. The summed E-state index contributed by atoms with van der Waals surface area (Å²) in [4.78, 5) is 12.1. The van der Waals surface area contributed by atoms with Gasteiger partial charge in [0.2, 0.25) is 0 Å². The van der Waals surface area contributed by atoms with Crippen LogP contribution in [0, 0.1) is 13.8 Å². The third kappa shape index (κ3) is 6.28. The number of aryl methyl sites for hydroxylation is 2. The van der Waals surface area contributed by atoms with E-state index in [1.807, 2.05) is 55.9 Å². The van der Waals surface area contributed by atoms with Crippen molar-refractivity contribution in [2.45, 2.75) is 32.6 Å². The van der Waals surface area contributed by atoms with Crippen molar-refractivity contribution < 1.29 is 9.53 Å². The van der Waals surface area contributed by atoms with Crippen LogP contribution in [-0.2, 0) is 10.5 Å². The van der Waals surface area contributed by atoms with Gasteiger partial charge in [0.1, 0.15) is 5.75 Å². The zero-order valence-electron chi connectivity index (χ0n) is 14.5. The van der Waals surface area contributed by atoms with Crippen LogP contribution in [0.1, 0.15) is 23.6 Å². The topological polar surface area (TPSA) is 38.3 Å². The van der Waals surface area contributed by atoms with Crippen molar-refractivity contribution in [2.24, 2.45) is 0 Å². The summed E-state index contributed by atoms with van der Waals surface area (Å²) < 4.78 is 5.75. The standard InChI is InChI=1S/C20H25NO2S/c1-15-11-16(2)13-19(12-15)23-17(3)20(22)21-9-10-24-14-18-7-5-4-6-8-18/h4-8,11-13,17H,9-10,14H2,1-3H3,(H,21,22)/t17-/m1/s1. The Kier molecular flexibility index (Phi) is 7.19. The summed E-state index contributed by atoms with van der Waals surface area (Å²) in [5.41, 5.74) is 3.57. The maximum absolute atomic E-state index is 12.1. The number of amides is 1. The number of thioether (sulfide) groups is 1. The number of carbonyl (C=O) groups is 1. The van der Waals surface area contributed by atoms with E-state index >= 15 is 0 Å². The molecule has 3 nitrogen and oxygen atoms in total. The normalized spacial score (nSPS) is 11.8. The maximum atomic E-state index is 12.1. The molecule has 4 heteroatoms. The van der Waals surface area contributed by atoms with Crippen LogP contribution in [-0.4, -0.2) is 24.3 Å². The van der Waals surface area contributed by atoms with E-state index in [1.54, 1.807) is 6.92 Å². The minimum Gasteiger partial charge on any atom is -0.481 e. The third-order valence-corrected chi connectivity index (χ3v) is 4.56. The van der Waals surface area contributed by atoms with Gasteiger partial charge in [0.25, 0.3) is 5.91 Å². The van der Waals surface area contributed by atoms with E-state index in [9.17, 15) is 4.79 Å².